The molecule has 0 amide bonds. The molecular weight excluding hydrogens is 214 g/mol. The van der Waals surface area contributed by atoms with Crippen LogP contribution >= 0.6 is 0 Å². The quantitative estimate of drug-likeness (QED) is 0.842. The van der Waals surface area contributed by atoms with Gasteiger partial charge >= 0.3 is 5.97 Å². The first-order valence-electron chi connectivity index (χ1n) is 6.22. The van der Waals surface area contributed by atoms with Crippen LogP contribution in [0.5, 0.6) is 0 Å². The first-order chi connectivity index (χ1) is 8.18. The topological polar surface area (TPSA) is 63.3 Å². The van der Waals surface area contributed by atoms with Crippen LogP contribution in [0.4, 0.5) is 0 Å². The predicted molar refractivity (Wildman–Crippen MR) is 66.8 cm³/mol. The van der Waals surface area contributed by atoms with Crippen molar-refractivity contribution in [3.8, 4) is 0 Å². The van der Waals surface area contributed by atoms with Crippen molar-refractivity contribution < 1.29 is 9.90 Å². The lowest BCUT2D eigenvalue weighted by molar-refractivity contribution is -0.140. The summed E-state index contributed by atoms with van der Waals surface area (Å²) in [5.74, 6) is -0.144. The molecule has 1 aliphatic rings. The molecule has 1 saturated carbocycles. The Kier molecular flexibility index (Phi) is 3.79. The zero-order valence-electron chi connectivity index (χ0n) is 9.88. The molecule has 92 valence electrons. The van der Waals surface area contributed by atoms with Gasteiger partial charge in [-0.05, 0) is 43.1 Å². The maximum absolute atomic E-state index is 10.8. The van der Waals surface area contributed by atoms with Gasteiger partial charge in [0, 0.05) is 0 Å². The van der Waals surface area contributed by atoms with Crippen molar-refractivity contribution in [1.29, 1.82) is 0 Å². The molecule has 0 radical (unpaired) electrons. The van der Waals surface area contributed by atoms with Gasteiger partial charge in [0.2, 0.25) is 0 Å². The molecule has 0 heterocycles. The predicted octanol–water partition coefficient (Wildman–Crippen LogP) is 2.37. The Morgan fingerprint density at radius 2 is 1.76 bits per heavy atom. The lowest BCUT2D eigenvalue weighted by Crippen LogP contribution is -2.39. The fraction of sp³-hybridized carbons (Fsp3) is 0.500. The summed E-state index contributed by atoms with van der Waals surface area (Å²) in [5, 5.41) is 8.89. The Morgan fingerprint density at radius 3 is 2.29 bits per heavy atom. The molecule has 0 spiro atoms. The highest BCUT2D eigenvalue weighted by molar-refractivity contribution is 5.73. The summed E-state index contributed by atoms with van der Waals surface area (Å²) < 4.78 is 0. The Balaban J connectivity index is 1.93. The zero-order valence-corrected chi connectivity index (χ0v) is 9.88. The molecule has 1 aromatic carbocycles. The van der Waals surface area contributed by atoms with Crippen LogP contribution in [0.15, 0.2) is 30.3 Å². The second-order valence-corrected chi connectivity index (χ2v) is 4.89. The number of hydrogen-bond donors (Lipinski definition) is 2. The van der Waals surface area contributed by atoms with E-state index in [2.05, 4.69) is 24.3 Å². The third-order valence-electron chi connectivity index (χ3n) is 3.84. The number of rotatable bonds is 3. The van der Waals surface area contributed by atoms with Gasteiger partial charge in [0.25, 0.3) is 0 Å². The maximum Gasteiger partial charge on any atom is 0.320 e. The van der Waals surface area contributed by atoms with Crippen LogP contribution in [-0.4, -0.2) is 17.1 Å². The van der Waals surface area contributed by atoms with Gasteiger partial charge in [0.1, 0.15) is 6.04 Å². The highest BCUT2D eigenvalue weighted by Crippen LogP contribution is 2.36. The molecule has 1 aromatic rings. The van der Waals surface area contributed by atoms with Gasteiger partial charge < -0.3 is 10.8 Å². The maximum atomic E-state index is 10.8. The van der Waals surface area contributed by atoms with Crippen LogP contribution in [-0.2, 0) is 4.79 Å². The second-order valence-electron chi connectivity index (χ2n) is 4.89. The number of carboxylic acid groups (broad SMARTS) is 1. The summed E-state index contributed by atoms with van der Waals surface area (Å²) in [7, 11) is 0. The van der Waals surface area contributed by atoms with Gasteiger partial charge in [0.15, 0.2) is 0 Å². The van der Waals surface area contributed by atoms with Crippen molar-refractivity contribution in [1.82, 2.24) is 0 Å². The fourth-order valence-electron chi connectivity index (χ4n) is 2.74. The van der Waals surface area contributed by atoms with E-state index in [-0.39, 0.29) is 5.92 Å². The molecule has 17 heavy (non-hydrogen) atoms. The van der Waals surface area contributed by atoms with Gasteiger partial charge in [-0.15, -0.1) is 0 Å². The molecule has 3 nitrogen and oxygen atoms in total. The molecule has 1 atom stereocenters. The minimum absolute atomic E-state index is 0.146. The van der Waals surface area contributed by atoms with E-state index in [1.165, 1.54) is 5.56 Å². The highest BCUT2D eigenvalue weighted by atomic mass is 16.4. The van der Waals surface area contributed by atoms with Crippen molar-refractivity contribution in [2.24, 2.45) is 11.7 Å². The normalized spacial score (nSPS) is 26.4. The molecule has 1 aliphatic carbocycles. The molecule has 2 rings (SSSR count). The molecule has 1 fully saturated rings. The van der Waals surface area contributed by atoms with E-state index in [1.807, 2.05) is 6.07 Å². The van der Waals surface area contributed by atoms with E-state index < -0.39 is 12.0 Å². The summed E-state index contributed by atoms with van der Waals surface area (Å²) in [6.45, 7) is 0. The van der Waals surface area contributed by atoms with Crippen LogP contribution in [0.3, 0.4) is 0 Å². The fourth-order valence-corrected chi connectivity index (χ4v) is 2.74. The summed E-state index contributed by atoms with van der Waals surface area (Å²) in [6.07, 6.45) is 3.95. The smallest absolute Gasteiger partial charge is 0.320 e. The molecular formula is C14H19NO2. The summed E-state index contributed by atoms with van der Waals surface area (Å²) >= 11 is 0. The van der Waals surface area contributed by atoms with Crippen molar-refractivity contribution >= 4 is 5.97 Å². The lowest BCUT2D eigenvalue weighted by Gasteiger charge is -2.30. The SMILES string of the molecule is NC(C(=O)O)C1CCC(c2ccccc2)CC1. The third-order valence-corrected chi connectivity index (χ3v) is 3.84. The molecule has 0 bridgehead atoms. The van der Waals surface area contributed by atoms with E-state index in [1.54, 1.807) is 0 Å². The van der Waals surface area contributed by atoms with Crippen LogP contribution in [0, 0.1) is 5.92 Å². The molecule has 3 heteroatoms. The van der Waals surface area contributed by atoms with Crippen molar-refractivity contribution in [2.45, 2.75) is 37.6 Å². The van der Waals surface area contributed by atoms with Gasteiger partial charge in [-0.2, -0.15) is 0 Å². The average molecular weight is 233 g/mol. The lowest BCUT2D eigenvalue weighted by atomic mass is 9.76. The van der Waals surface area contributed by atoms with Crippen LogP contribution in [0.25, 0.3) is 0 Å². The largest absolute Gasteiger partial charge is 0.480 e. The monoisotopic (exact) mass is 233 g/mol. The molecule has 0 saturated heterocycles. The summed E-state index contributed by atoms with van der Waals surface area (Å²) in [5.41, 5.74) is 7.05. The number of benzene rings is 1. The van der Waals surface area contributed by atoms with Gasteiger partial charge in [0.05, 0.1) is 0 Å². The second kappa shape index (κ2) is 5.32. The Labute approximate surface area is 102 Å². The number of nitrogens with two attached hydrogens (primary N) is 1. The summed E-state index contributed by atoms with van der Waals surface area (Å²) in [6, 6.07) is 9.76. The molecule has 0 aliphatic heterocycles. The Bertz CT molecular complexity index is 369. The average Bonchev–Trinajstić information content (AvgIpc) is 2.39. The van der Waals surface area contributed by atoms with E-state index in [9.17, 15) is 4.79 Å². The van der Waals surface area contributed by atoms with Crippen molar-refractivity contribution in [3.63, 3.8) is 0 Å². The molecule has 1 unspecified atom stereocenters. The standard InChI is InChI=1S/C14H19NO2/c15-13(14(16)17)12-8-6-11(7-9-12)10-4-2-1-3-5-10/h1-5,11-13H,6-9,15H2,(H,16,17). The van der Waals surface area contributed by atoms with Crippen molar-refractivity contribution in [3.05, 3.63) is 35.9 Å². The first kappa shape index (κ1) is 12.1. The van der Waals surface area contributed by atoms with E-state index >= 15 is 0 Å². The third kappa shape index (κ3) is 2.86. The zero-order chi connectivity index (χ0) is 12.3. The van der Waals surface area contributed by atoms with Crippen molar-refractivity contribution in [2.75, 3.05) is 0 Å². The van der Waals surface area contributed by atoms with Crippen LogP contribution in [0.1, 0.15) is 37.2 Å². The Hall–Kier alpha value is -1.35. The number of aliphatic carboxylic acids is 1. The van der Waals surface area contributed by atoms with Gasteiger partial charge in [-0.25, -0.2) is 0 Å². The minimum Gasteiger partial charge on any atom is -0.480 e. The van der Waals surface area contributed by atoms with E-state index in [0.29, 0.717) is 5.92 Å². The van der Waals surface area contributed by atoms with Gasteiger partial charge in [-0.3, -0.25) is 4.79 Å². The Morgan fingerprint density at radius 1 is 1.18 bits per heavy atom. The van der Waals surface area contributed by atoms with Crippen LogP contribution in [0.2, 0.25) is 0 Å². The first-order valence-corrected chi connectivity index (χ1v) is 6.22. The van der Waals surface area contributed by atoms with Gasteiger partial charge in [-0.1, -0.05) is 30.3 Å². The number of hydrogen-bond acceptors (Lipinski definition) is 2. The van der Waals surface area contributed by atoms with E-state index in [4.69, 9.17) is 10.8 Å². The number of carboxylic acids is 1. The summed E-state index contributed by atoms with van der Waals surface area (Å²) in [4.78, 5) is 10.8. The number of carbonyl (C=O) groups is 1. The van der Waals surface area contributed by atoms with E-state index in [0.717, 1.165) is 25.7 Å². The molecule has 0 aromatic heterocycles. The van der Waals surface area contributed by atoms with Crippen LogP contribution < -0.4 is 5.73 Å². The minimum atomic E-state index is -0.867. The molecule has 3 N–H and O–H groups in total. The highest BCUT2D eigenvalue weighted by Gasteiger charge is 2.29.